The summed E-state index contributed by atoms with van der Waals surface area (Å²) in [6, 6.07) is 27.5. The van der Waals surface area contributed by atoms with Gasteiger partial charge in [0.25, 0.3) is 0 Å². The Morgan fingerprint density at radius 3 is 1.70 bits per heavy atom. The maximum atomic E-state index is 12.6. The van der Waals surface area contributed by atoms with E-state index < -0.39 is 12.1 Å². The van der Waals surface area contributed by atoms with Gasteiger partial charge in [-0.25, -0.2) is 4.79 Å². The molecule has 0 unspecified atom stereocenters. The van der Waals surface area contributed by atoms with Crippen LogP contribution in [0.2, 0.25) is 0 Å². The Balaban J connectivity index is 1.84. The van der Waals surface area contributed by atoms with Crippen molar-refractivity contribution in [1.29, 1.82) is 0 Å². The van der Waals surface area contributed by atoms with Crippen LogP contribution < -0.4 is 9.47 Å². The van der Waals surface area contributed by atoms with Gasteiger partial charge in [-0.3, -0.25) is 0 Å². The van der Waals surface area contributed by atoms with Gasteiger partial charge >= 0.3 is 5.97 Å². The van der Waals surface area contributed by atoms with Gasteiger partial charge in [-0.15, -0.1) is 0 Å². The van der Waals surface area contributed by atoms with Gasteiger partial charge in [-0.05, 0) is 24.3 Å². The van der Waals surface area contributed by atoms with Crippen molar-refractivity contribution in [1.82, 2.24) is 0 Å². The van der Waals surface area contributed by atoms with E-state index in [2.05, 4.69) is 0 Å². The monoisotopic (exact) mass is 304 g/mol. The molecule has 23 heavy (non-hydrogen) atoms. The number of ether oxygens (including phenoxy) is 2. The summed E-state index contributed by atoms with van der Waals surface area (Å²) < 4.78 is 11.3. The average Bonchev–Trinajstić information content (AvgIpc) is 2.62. The minimum atomic E-state index is -0.821. The molecule has 3 heteroatoms. The zero-order valence-corrected chi connectivity index (χ0v) is 12.5. The molecule has 0 aliphatic heterocycles. The lowest BCUT2D eigenvalue weighted by atomic mass is 10.1. The third kappa shape index (κ3) is 3.98. The fourth-order valence-electron chi connectivity index (χ4n) is 2.17. The fourth-order valence-corrected chi connectivity index (χ4v) is 2.17. The highest BCUT2D eigenvalue weighted by molar-refractivity contribution is 5.79. The molecule has 0 saturated carbocycles. The molecule has 0 bridgehead atoms. The molecule has 0 aliphatic carbocycles. The van der Waals surface area contributed by atoms with Crippen molar-refractivity contribution in [3.63, 3.8) is 0 Å². The minimum absolute atomic E-state index is 0.453. The lowest BCUT2D eigenvalue weighted by Crippen LogP contribution is -2.23. The second-order valence-corrected chi connectivity index (χ2v) is 4.96. The predicted octanol–water partition coefficient (Wildman–Crippen LogP) is 4.41. The Kier molecular flexibility index (Phi) is 4.69. The van der Waals surface area contributed by atoms with Crippen molar-refractivity contribution < 1.29 is 14.3 Å². The van der Waals surface area contributed by atoms with Crippen molar-refractivity contribution in [2.24, 2.45) is 0 Å². The summed E-state index contributed by atoms with van der Waals surface area (Å²) >= 11 is 0. The van der Waals surface area contributed by atoms with Crippen molar-refractivity contribution >= 4 is 5.97 Å². The minimum Gasteiger partial charge on any atom is -0.474 e. The number of rotatable bonds is 5. The Labute approximate surface area is 135 Å². The zero-order valence-electron chi connectivity index (χ0n) is 12.5. The molecule has 1 atom stereocenters. The number of para-hydroxylation sites is 2. The number of hydrogen-bond acceptors (Lipinski definition) is 3. The van der Waals surface area contributed by atoms with Gasteiger partial charge in [-0.2, -0.15) is 0 Å². The van der Waals surface area contributed by atoms with E-state index in [-0.39, 0.29) is 0 Å². The zero-order chi connectivity index (χ0) is 15.9. The highest BCUT2D eigenvalue weighted by atomic mass is 16.6. The molecular weight excluding hydrogens is 288 g/mol. The average molecular weight is 304 g/mol. The van der Waals surface area contributed by atoms with Gasteiger partial charge in [0.05, 0.1) is 0 Å². The maximum Gasteiger partial charge on any atom is 0.357 e. The van der Waals surface area contributed by atoms with Crippen LogP contribution in [0, 0.1) is 0 Å². The van der Waals surface area contributed by atoms with E-state index in [4.69, 9.17) is 9.47 Å². The van der Waals surface area contributed by atoms with E-state index in [1.807, 2.05) is 78.9 Å². The summed E-state index contributed by atoms with van der Waals surface area (Å²) in [6.07, 6.45) is -0.821. The van der Waals surface area contributed by atoms with Crippen molar-refractivity contribution in [3.05, 3.63) is 96.6 Å². The highest BCUT2D eigenvalue weighted by Gasteiger charge is 2.24. The summed E-state index contributed by atoms with van der Waals surface area (Å²) in [7, 11) is 0. The summed E-state index contributed by atoms with van der Waals surface area (Å²) in [5, 5.41) is 0. The smallest absolute Gasteiger partial charge is 0.357 e. The van der Waals surface area contributed by atoms with Crippen LogP contribution in [0.1, 0.15) is 11.7 Å². The third-order valence-corrected chi connectivity index (χ3v) is 3.28. The molecule has 0 heterocycles. The number of carbonyl (C=O) groups is 1. The second-order valence-electron chi connectivity index (χ2n) is 4.96. The van der Waals surface area contributed by atoms with E-state index in [9.17, 15) is 4.79 Å². The fraction of sp³-hybridized carbons (Fsp3) is 0.0500. The summed E-state index contributed by atoms with van der Waals surface area (Å²) in [6.45, 7) is 0. The van der Waals surface area contributed by atoms with E-state index in [0.29, 0.717) is 11.5 Å². The standard InChI is InChI=1S/C20H16O3/c21-20(23-18-14-8-3-9-15-18)19(16-10-4-1-5-11-16)22-17-12-6-2-7-13-17/h1-15,19H/t19-/m1/s1. The topological polar surface area (TPSA) is 35.5 Å². The van der Waals surface area contributed by atoms with Gasteiger partial charge in [0.15, 0.2) is 0 Å². The van der Waals surface area contributed by atoms with Crippen molar-refractivity contribution in [2.75, 3.05) is 0 Å². The molecule has 0 fully saturated rings. The summed E-state index contributed by atoms with van der Waals surface area (Å²) in [5.41, 5.74) is 0.747. The van der Waals surface area contributed by atoms with Crippen molar-refractivity contribution in [3.8, 4) is 11.5 Å². The maximum absolute atomic E-state index is 12.6. The summed E-state index contributed by atoms with van der Waals surface area (Å²) in [4.78, 5) is 12.6. The van der Waals surface area contributed by atoms with Crippen LogP contribution in [0.5, 0.6) is 11.5 Å². The molecule has 3 aromatic rings. The van der Waals surface area contributed by atoms with Crippen LogP contribution in [0.15, 0.2) is 91.0 Å². The number of carbonyl (C=O) groups excluding carboxylic acids is 1. The Hall–Kier alpha value is -3.07. The molecule has 3 aromatic carbocycles. The molecule has 0 radical (unpaired) electrons. The van der Waals surface area contributed by atoms with Crippen LogP contribution in [-0.4, -0.2) is 5.97 Å². The van der Waals surface area contributed by atoms with E-state index >= 15 is 0 Å². The van der Waals surface area contributed by atoms with Crippen LogP contribution in [0.25, 0.3) is 0 Å². The first-order valence-corrected chi connectivity index (χ1v) is 7.36. The Morgan fingerprint density at radius 2 is 1.13 bits per heavy atom. The molecule has 0 aliphatic rings. The van der Waals surface area contributed by atoms with Gasteiger partial charge in [0.2, 0.25) is 6.10 Å². The van der Waals surface area contributed by atoms with Gasteiger partial charge in [0.1, 0.15) is 11.5 Å². The SMILES string of the molecule is O=C(Oc1ccccc1)[C@H](Oc1ccccc1)c1ccccc1. The first kappa shape index (κ1) is 14.9. The molecule has 3 rings (SSSR count). The third-order valence-electron chi connectivity index (χ3n) is 3.28. The molecular formula is C20H16O3. The van der Waals surface area contributed by atoms with E-state index in [1.54, 1.807) is 12.1 Å². The highest BCUT2D eigenvalue weighted by Crippen LogP contribution is 2.24. The van der Waals surface area contributed by atoms with Crippen LogP contribution in [0.3, 0.4) is 0 Å². The van der Waals surface area contributed by atoms with E-state index in [1.165, 1.54) is 0 Å². The normalized spacial score (nSPS) is 11.5. The lowest BCUT2D eigenvalue weighted by Gasteiger charge is -2.18. The molecule has 114 valence electrons. The van der Waals surface area contributed by atoms with Crippen LogP contribution >= 0.6 is 0 Å². The lowest BCUT2D eigenvalue weighted by molar-refractivity contribution is -0.142. The predicted molar refractivity (Wildman–Crippen MR) is 88.3 cm³/mol. The second kappa shape index (κ2) is 7.27. The molecule has 3 nitrogen and oxygen atoms in total. The van der Waals surface area contributed by atoms with Gasteiger partial charge in [-0.1, -0.05) is 66.7 Å². The molecule has 0 N–H and O–H groups in total. The molecule has 0 saturated heterocycles. The largest absolute Gasteiger partial charge is 0.474 e. The molecule has 0 aromatic heterocycles. The summed E-state index contributed by atoms with van der Waals surface area (Å²) in [5.74, 6) is 0.660. The van der Waals surface area contributed by atoms with Crippen molar-refractivity contribution in [2.45, 2.75) is 6.10 Å². The first-order valence-electron chi connectivity index (χ1n) is 7.36. The Bertz CT molecular complexity index is 740. The quantitative estimate of drug-likeness (QED) is 0.517. The number of hydrogen-bond donors (Lipinski definition) is 0. The Morgan fingerprint density at radius 1 is 0.652 bits per heavy atom. The van der Waals surface area contributed by atoms with Gasteiger partial charge < -0.3 is 9.47 Å². The number of benzene rings is 3. The van der Waals surface area contributed by atoms with Crippen LogP contribution in [0.4, 0.5) is 0 Å². The number of esters is 1. The van der Waals surface area contributed by atoms with Crippen LogP contribution in [-0.2, 0) is 4.79 Å². The molecule has 0 amide bonds. The molecule has 0 spiro atoms. The van der Waals surface area contributed by atoms with E-state index in [0.717, 1.165) is 5.56 Å². The van der Waals surface area contributed by atoms with Gasteiger partial charge in [0, 0.05) is 5.56 Å². The first-order chi connectivity index (χ1) is 11.3.